The third-order valence-corrected chi connectivity index (χ3v) is 3.88. The molecule has 132 valence electrons. The molecular weight excluding hydrogens is 326 g/mol. The number of amides is 2. The molecule has 2 N–H and O–H groups in total. The molecule has 0 saturated carbocycles. The normalized spacial score (nSPS) is 10.2. The molecule has 2 amide bonds. The minimum absolute atomic E-state index is 0.230. The summed E-state index contributed by atoms with van der Waals surface area (Å²) in [4.78, 5) is 15.9. The monoisotopic (exact) mass is 347 g/mol. The zero-order chi connectivity index (χ0) is 18.2. The number of carbonyl (C=O) groups excluding carboxylic acids is 1. The van der Waals surface area contributed by atoms with Crippen molar-refractivity contribution in [2.75, 3.05) is 5.32 Å². The number of nitrogens with zero attached hydrogens (tertiary/aromatic N) is 1. The number of rotatable bonds is 6. The zero-order valence-electron chi connectivity index (χ0n) is 14.6. The second-order valence-electron chi connectivity index (χ2n) is 5.79. The number of aryl methyl sites for hydroxylation is 1. The van der Waals surface area contributed by atoms with Gasteiger partial charge in [0.2, 0.25) is 0 Å². The van der Waals surface area contributed by atoms with Gasteiger partial charge in [0, 0.05) is 24.6 Å². The Morgan fingerprint density at radius 1 is 0.885 bits per heavy atom. The third-order valence-electron chi connectivity index (χ3n) is 3.88. The molecule has 5 heteroatoms. The van der Waals surface area contributed by atoms with Crippen LogP contribution in [0.1, 0.15) is 18.1 Å². The molecule has 0 unspecified atom stereocenters. The van der Waals surface area contributed by atoms with E-state index in [1.165, 1.54) is 5.56 Å². The molecule has 0 radical (unpaired) electrons. The molecule has 1 aromatic heterocycles. The summed E-state index contributed by atoms with van der Waals surface area (Å²) in [6, 6.07) is 18.8. The molecule has 5 nitrogen and oxygen atoms in total. The van der Waals surface area contributed by atoms with Crippen LogP contribution in [-0.4, -0.2) is 11.0 Å². The highest BCUT2D eigenvalue weighted by Crippen LogP contribution is 2.20. The molecule has 1 heterocycles. The number of nitrogens with one attached hydrogen (secondary N) is 2. The Bertz CT molecular complexity index is 831. The zero-order valence-corrected chi connectivity index (χ0v) is 14.6. The lowest BCUT2D eigenvalue weighted by molar-refractivity contribution is 0.251. The van der Waals surface area contributed by atoms with Crippen molar-refractivity contribution in [3.8, 4) is 11.5 Å². The summed E-state index contributed by atoms with van der Waals surface area (Å²) in [5.41, 5.74) is 3.01. The predicted molar refractivity (Wildman–Crippen MR) is 102 cm³/mol. The molecule has 0 fully saturated rings. The van der Waals surface area contributed by atoms with E-state index in [-0.39, 0.29) is 6.03 Å². The lowest BCUT2D eigenvalue weighted by Crippen LogP contribution is -2.28. The molecule has 0 saturated heterocycles. The van der Waals surface area contributed by atoms with E-state index >= 15 is 0 Å². The highest BCUT2D eigenvalue weighted by Gasteiger charge is 2.03. The quantitative estimate of drug-likeness (QED) is 0.676. The number of hydrogen-bond donors (Lipinski definition) is 2. The maximum atomic E-state index is 12.0. The van der Waals surface area contributed by atoms with Gasteiger partial charge in [-0.15, -0.1) is 0 Å². The van der Waals surface area contributed by atoms with Gasteiger partial charge in [-0.2, -0.15) is 0 Å². The van der Waals surface area contributed by atoms with Gasteiger partial charge in [-0.25, -0.2) is 4.79 Å². The van der Waals surface area contributed by atoms with Gasteiger partial charge in [-0.05, 0) is 53.9 Å². The molecule has 2 aromatic carbocycles. The Balaban J connectivity index is 1.48. The first-order valence-electron chi connectivity index (χ1n) is 8.53. The van der Waals surface area contributed by atoms with Crippen LogP contribution < -0.4 is 15.4 Å². The summed E-state index contributed by atoms with van der Waals surface area (Å²) >= 11 is 0. The number of benzene rings is 2. The molecule has 3 rings (SSSR count). The van der Waals surface area contributed by atoms with E-state index in [4.69, 9.17) is 4.74 Å². The standard InChI is InChI=1S/C21H21N3O2/c1-2-16-3-7-18(8-4-16)24-21(25)23-15-17-5-9-19(10-6-17)26-20-11-13-22-14-12-20/h3-14H,2,15H2,1H3,(H2,23,24,25). The van der Waals surface area contributed by atoms with E-state index in [0.29, 0.717) is 6.54 Å². The Morgan fingerprint density at radius 2 is 1.50 bits per heavy atom. The lowest BCUT2D eigenvalue weighted by atomic mass is 10.1. The van der Waals surface area contributed by atoms with Crippen LogP contribution in [0, 0.1) is 0 Å². The van der Waals surface area contributed by atoms with Crippen molar-refractivity contribution >= 4 is 11.7 Å². The largest absolute Gasteiger partial charge is 0.457 e. The first kappa shape index (κ1) is 17.5. The second kappa shape index (κ2) is 8.67. The van der Waals surface area contributed by atoms with E-state index in [1.807, 2.05) is 48.5 Å². The molecule has 0 aliphatic rings. The van der Waals surface area contributed by atoms with Gasteiger partial charge < -0.3 is 15.4 Å². The fourth-order valence-electron chi connectivity index (χ4n) is 2.40. The third kappa shape index (κ3) is 5.08. The van der Waals surface area contributed by atoms with Crippen LogP contribution in [0.15, 0.2) is 73.1 Å². The van der Waals surface area contributed by atoms with E-state index in [1.54, 1.807) is 24.5 Å². The predicted octanol–water partition coefficient (Wildman–Crippen LogP) is 4.76. The molecule has 0 aliphatic heterocycles. The van der Waals surface area contributed by atoms with Crippen LogP contribution >= 0.6 is 0 Å². The van der Waals surface area contributed by atoms with Gasteiger partial charge >= 0.3 is 6.03 Å². The maximum Gasteiger partial charge on any atom is 0.319 e. The van der Waals surface area contributed by atoms with Crippen LogP contribution in [0.5, 0.6) is 11.5 Å². The number of carbonyl (C=O) groups is 1. The van der Waals surface area contributed by atoms with Gasteiger partial charge in [0.05, 0.1) is 0 Å². The van der Waals surface area contributed by atoms with Gasteiger partial charge in [0.15, 0.2) is 0 Å². The summed E-state index contributed by atoms with van der Waals surface area (Å²) in [6.45, 7) is 2.54. The van der Waals surface area contributed by atoms with Crippen molar-refractivity contribution in [3.63, 3.8) is 0 Å². The van der Waals surface area contributed by atoms with Crippen LogP contribution in [0.25, 0.3) is 0 Å². The molecular formula is C21H21N3O2. The van der Waals surface area contributed by atoms with Crippen molar-refractivity contribution in [3.05, 3.63) is 84.2 Å². The Labute approximate surface area is 153 Å². The summed E-state index contributed by atoms with van der Waals surface area (Å²) in [5, 5.41) is 5.67. The van der Waals surface area contributed by atoms with E-state index < -0.39 is 0 Å². The van der Waals surface area contributed by atoms with Crippen LogP contribution in [-0.2, 0) is 13.0 Å². The molecule has 26 heavy (non-hydrogen) atoms. The molecule has 0 bridgehead atoms. The Hall–Kier alpha value is -3.34. The Kier molecular flexibility index (Phi) is 5.83. The lowest BCUT2D eigenvalue weighted by Gasteiger charge is -2.09. The molecule has 0 spiro atoms. The number of aromatic nitrogens is 1. The number of anilines is 1. The first-order valence-corrected chi connectivity index (χ1v) is 8.53. The smallest absolute Gasteiger partial charge is 0.319 e. The number of urea groups is 1. The average molecular weight is 347 g/mol. The van der Waals surface area contributed by atoms with Crippen LogP contribution in [0.2, 0.25) is 0 Å². The number of hydrogen-bond acceptors (Lipinski definition) is 3. The van der Waals surface area contributed by atoms with Gasteiger partial charge in [0.1, 0.15) is 11.5 Å². The van der Waals surface area contributed by atoms with E-state index in [9.17, 15) is 4.79 Å². The fraction of sp³-hybridized carbons (Fsp3) is 0.143. The average Bonchev–Trinajstić information content (AvgIpc) is 2.69. The van der Waals surface area contributed by atoms with Crippen molar-refractivity contribution < 1.29 is 9.53 Å². The van der Waals surface area contributed by atoms with Crippen molar-refractivity contribution in [1.82, 2.24) is 10.3 Å². The van der Waals surface area contributed by atoms with Crippen LogP contribution in [0.4, 0.5) is 10.5 Å². The fourth-order valence-corrected chi connectivity index (χ4v) is 2.40. The van der Waals surface area contributed by atoms with E-state index in [0.717, 1.165) is 29.2 Å². The van der Waals surface area contributed by atoms with Gasteiger partial charge in [-0.3, -0.25) is 4.98 Å². The minimum Gasteiger partial charge on any atom is -0.457 e. The van der Waals surface area contributed by atoms with Crippen LogP contribution in [0.3, 0.4) is 0 Å². The SMILES string of the molecule is CCc1ccc(NC(=O)NCc2ccc(Oc3ccncc3)cc2)cc1. The highest BCUT2D eigenvalue weighted by molar-refractivity contribution is 5.89. The maximum absolute atomic E-state index is 12.0. The van der Waals surface area contributed by atoms with Crippen molar-refractivity contribution in [2.45, 2.75) is 19.9 Å². The summed E-state index contributed by atoms with van der Waals surface area (Å²) < 4.78 is 5.72. The van der Waals surface area contributed by atoms with Gasteiger partial charge in [-0.1, -0.05) is 31.2 Å². The van der Waals surface area contributed by atoms with Crippen molar-refractivity contribution in [2.24, 2.45) is 0 Å². The summed E-state index contributed by atoms with van der Waals surface area (Å²) in [7, 11) is 0. The highest BCUT2D eigenvalue weighted by atomic mass is 16.5. The van der Waals surface area contributed by atoms with E-state index in [2.05, 4.69) is 22.5 Å². The number of ether oxygens (including phenoxy) is 1. The minimum atomic E-state index is -0.230. The molecule has 0 aliphatic carbocycles. The molecule has 0 atom stereocenters. The summed E-state index contributed by atoms with van der Waals surface area (Å²) in [6.07, 6.45) is 4.34. The van der Waals surface area contributed by atoms with Gasteiger partial charge in [0.25, 0.3) is 0 Å². The number of pyridine rings is 1. The topological polar surface area (TPSA) is 63.2 Å². The first-order chi connectivity index (χ1) is 12.7. The second-order valence-corrected chi connectivity index (χ2v) is 5.79. The Morgan fingerprint density at radius 3 is 2.15 bits per heavy atom. The van der Waals surface area contributed by atoms with Crippen molar-refractivity contribution in [1.29, 1.82) is 0 Å². The molecule has 3 aromatic rings. The summed E-state index contributed by atoms with van der Waals surface area (Å²) in [5.74, 6) is 1.47.